The molecule has 0 aliphatic heterocycles. The number of amides is 1. The minimum atomic E-state index is 0.0182. The molecular weight excluding hydrogens is 260 g/mol. The second-order valence-corrected chi connectivity index (χ2v) is 5.15. The topological polar surface area (TPSA) is 32.3 Å². The maximum atomic E-state index is 11.6. The zero-order valence-electron chi connectivity index (χ0n) is 11.9. The van der Waals surface area contributed by atoms with Gasteiger partial charge in [0.05, 0.1) is 0 Å². The van der Waals surface area contributed by atoms with Gasteiger partial charge in [0, 0.05) is 36.3 Å². The summed E-state index contributed by atoms with van der Waals surface area (Å²) in [4.78, 5) is 13.9. The molecule has 19 heavy (non-hydrogen) atoms. The summed E-state index contributed by atoms with van der Waals surface area (Å²) < 4.78 is 0. The minimum absolute atomic E-state index is 0.0182. The first-order valence-corrected chi connectivity index (χ1v) is 7.34. The quantitative estimate of drug-likeness (QED) is 0.770. The molecule has 106 valence electrons. The largest absolute Gasteiger partial charge is 0.369 e. The molecule has 0 unspecified atom stereocenters. The average molecular weight is 283 g/mol. The monoisotopic (exact) mass is 282 g/mol. The number of alkyl halides is 1. The van der Waals surface area contributed by atoms with Crippen LogP contribution in [-0.4, -0.2) is 24.4 Å². The van der Waals surface area contributed by atoms with Crippen molar-refractivity contribution in [2.24, 2.45) is 0 Å². The van der Waals surface area contributed by atoms with Gasteiger partial charge in [0.25, 0.3) is 0 Å². The number of rotatable bonds is 7. The molecule has 0 aromatic heterocycles. The van der Waals surface area contributed by atoms with E-state index in [9.17, 15) is 4.79 Å². The van der Waals surface area contributed by atoms with Gasteiger partial charge in [-0.2, -0.15) is 0 Å². The van der Waals surface area contributed by atoms with E-state index in [-0.39, 0.29) is 5.91 Å². The Morgan fingerprint density at radius 3 is 2.42 bits per heavy atom. The third-order valence-electron chi connectivity index (χ3n) is 2.98. The van der Waals surface area contributed by atoms with Crippen LogP contribution in [0, 0.1) is 0 Å². The van der Waals surface area contributed by atoms with Gasteiger partial charge in [0.2, 0.25) is 5.91 Å². The number of carbonyl (C=O) groups excluding carboxylic acids is 1. The molecule has 1 aromatic carbocycles. The summed E-state index contributed by atoms with van der Waals surface area (Å²) in [5, 5.41) is 2.87. The van der Waals surface area contributed by atoms with E-state index in [0.717, 1.165) is 12.2 Å². The third-order valence-corrected chi connectivity index (χ3v) is 3.25. The van der Waals surface area contributed by atoms with E-state index in [1.54, 1.807) is 0 Å². The third kappa shape index (κ3) is 5.11. The molecule has 0 saturated carbocycles. The smallest absolute Gasteiger partial charge is 0.224 e. The fourth-order valence-corrected chi connectivity index (χ4v) is 2.17. The molecule has 0 bridgehead atoms. The van der Waals surface area contributed by atoms with Crippen molar-refractivity contribution in [2.45, 2.75) is 39.7 Å². The van der Waals surface area contributed by atoms with Crippen LogP contribution in [0.2, 0.25) is 0 Å². The Labute approximate surface area is 120 Å². The number of benzene rings is 1. The van der Waals surface area contributed by atoms with Crippen LogP contribution >= 0.6 is 11.6 Å². The second kappa shape index (κ2) is 8.05. The molecule has 4 heteroatoms. The zero-order chi connectivity index (χ0) is 14.3. The van der Waals surface area contributed by atoms with Crippen molar-refractivity contribution in [3.8, 4) is 0 Å². The van der Waals surface area contributed by atoms with Crippen LogP contribution in [0.15, 0.2) is 24.3 Å². The number of anilines is 2. The molecule has 0 fully saturated rings. The molecule has 0 aliphatic carbocycles. The highest BCUT2D eigenvalue weighted by atomic mass is 35.5. The molecule has 0 heterocycles. The van der Waals surface area contributed by atoms with Crippen molar-refractivity contribution in [1.29, 1.82) is 0 Å². The first kappa shape index (κ1) is 15.8. The number of halogens is 1. The Morgan fingerprint density at radius 1 is 1.32 bits per heavy atom. The van der Waals surface area contributed by atoms with Crippen molar-refractivity contribution in [2.75, 3.05) is 22.6 Å². The number of hydrogen-bond acceptors (Lipinski definition) is 2. The van der Waals surface area contributed by atoms with E-state index in [4.69, 9.17) is 11.6 Å². The van der Waals surface area contributed by atoms with Gasteiger partial charge >= 0.3 is 0 Å². The number of hydrogen-bond donors (Lipinski definition) is 1. The Bertz CT molecular complexity index is 390. The summed E-state index contributed by atoms with van der Waals surface area (Å²) in [6, 6.07) is 8.44. The van der Waals surface area contributed by atoms with Crippen LogP contribution in [0.1, 0.15) is 33.6 Å². The molecule has 1 amide bonds. The van der Waals surface area contributed by atoms with Crippen molar-refractivity contribution in [3.63, 3.8) is 0 Å². The molecule has 0 atom stereocenters. The Kier molecular flexibility index (Phi) is 6.71. The molecule has 1 rings (SSSR count). The van der Waals surface area contributed by atoms with Crippen molar-refractivity contribution < 1.29 is 4.79 Å². The van der Waals surface area contributed by atoms with E-state index in [2.05, 4.69) is 31.0 Å². The van der Waals surface area contributed by atoms with Gasteiger partial charge in [-0.05, 0) is 51.5 Å². The second-order valence-electron chi connectivity index (χ2n) is 4.77. The minimum Gasteiger partial charge on any atom is -0.369 e. The number of nitrogens with zero attached hydrogens (tertiary/aromatic N) is 1. The lowest BCUT2D eigenvalue weighted by Crippen LogP contribution is -2.30. The van der Waals surface area contributed by atoms with Crippen LogP contribution in [0.25, 0.3) is 0 Å². The predicted octanol–water partition coefficient (Wildman–Crippen LogP) is 3.88. The predicted molar refractivity (Wildman–Crippen MR) is 83.2 cm³/mol. The molecule has 0 spiro atoms. The average Bonchev–Trinajstić information content (AvgIpc) is 2.39. The normalized spacial score (nSPS) is 10.6. The molecule has 3 nitrogen and oxygen atoms in total. The van der Waals surface area contributed by atoms with Gasteiger partial charge in [0.15, 0.2) is 0 Å². The molecule has 0 radical (unpaired) electrons. The Balaban J connectivity index is 2.63. The lowest BCUT2D eigenvalue weighted by molar-refractivity contribution is -0.116. The molecule has 0 aliphatic rings. The number of carbonyl (C=O) groups is 1. The van der Waals surface area contributed by atoms with Crippen LogP contribution in [0.4, 0.5) is 11.4 Å². The van der Waals surface area contributed by atoms with Gasteiger partial charge in [-0.3, -0.25) is 4.79 Å². The molecular formula is C15H23ClN2O. The van der Waals surface area contributed by atoms with E-state index < -0.39 is 0 Å². The van der Waals surface area contributed by atoms with E-state index in [1.807, 2.05) is 24.3 Å². The van der Waals surface area contributed by atoms with Crippen LogP contribution in [0.3, 0.4) is 0 Å². The van der Waals surface area contributed by atoms with Gasteiger partial charge in [0.1, 0.15) is 0 Å². The fourth-order valence-electron chi connectivity index (χ4n) is 2.03. The van der Waals surface area contributed by atoms with E-state index >= 15 is 0 Å². The van der Waals surface area contributed by atoms with E-state index in [1.165, 1.54) is 5.69 Å². The van der Waals surface area contributed by atoms with E-state index in [0.29, 0.717) is 24.8 Å². The Morgan fingerprint density at radius 2 is 1.95 bits per heavy atom. The van der Waals surface area contributed by atoms with Gasteiger partial charge in [-0.15, -0.1) is 11.6 Å². The lowest BCUT2D eigenvalue weighted by atomic mass is 10.2. The summed E-state index contributed by atoms with van der Waals surface area (Å²) in [7, 11) is 0. The summed E-state index contributed by atoms with van der Waals surface area (Å²) in [6.45, 7) is 7.46. The van der Waals surface area contributed by atoms with Crippen molar-refractivity contribution in [1.82, 2.24) is 0 Å². The fraction of sp³-hybridized carbons (Fsp3) is 0.533. The highest BCUT2D eigenvalue weighted by molar-refractivity contribution is 6.18. The summed E-state index contributed by atoms with van der Waals surface area (Å²) >= 11 is 5.56. The maximum Gasteiger partial charge on any atom is 0.224 e. The zero-order valence-corrected chi connectivity index (χ0v) is 12.7. The van der Waals surface area contributed by atoms with Crippen molar-refractivity contribution >= 4 is 28.9 Å². The first-order valence-electron chi connectivity index (χ1n) is 6.81. The molecule has 1 aromatic rings. The Hall–Kier alpha value is -1.22. The van der Waals surface area contributed by atoms with Crippen LogP contribution < -0.4 is 10.2 Å². The highest BCUT2D eigenvalue weighted by Gasteiger charge is 2.08. The number of nitrogens with one attached hydrogen (secondary N) is 1. The first-order chi connectivity index (χ1) is 9.08. The molecule has 1 N–H and O–H groups in total. The summed E-state index contributed by atoms with van der Waals surface area (Å²) in [6.07, 6.45) is 1.18. The molecule has 0 saturated heterocycles. The SMILES string of the molecule is CCN(c1ccc(NC(=O)CCCCl)cc1)C(C)C. The van der Waals surface area contributed by atoms with Gasteiger partial charge in [-0.1, -0.05) is 0 Å². The van der Waals surface area contributed by atoms with Gasteiger partial charge in [-0.25, -0.2) is 0 Å². The highest BCUT2D eigenvalue weighted by Crippen LogP contribution is 2.20. The summed E-state index contributed by atoms with van der Waals surface area (Å²) in [5.74, 6) is 0.538. The van der Waals surface area contributed by atoms with Gasteiger partial charge < -0.3 is 10.2 Å². The maximum absolute atomic E-state index is 11.6. The standard InChI is InChI=1S/C15H23ClN2O/c1-4-18(12(2)3)14-9-7-13(8-10-14)17-15(19)6-5-11-16/h7-10,12H,4-6,11H2,1-3H3,(H,17,19). The van der Waals surface area contributed by atoms with Crippen LogP contribution in [-0.2, 0) is 4.79 Å². The van der Waals surface area contributed by atoms with Crippen LogP contribution in [0.5, 0.6) is 0 Å². The lowest BCUT2D eigenvalue weighted by Gasteiger charge is -2.27. The summed E-state index contributed by atoms with van der Waals surface area (Å²) in [5.41, 5.74) is 2.01. The van der Waals surface area contributed by atoms with Crippen molar-refractivity contribution in [3.05, 3.63) is 24.3 Å².